The van der Waals surface area contributed by atoms with E-state index in [0.29, 0.717) is 6.61 Å². The van der Waals surface area contributed by atoms with Gasteiger partial charge in [-0.15, -0.1) is 0 Å². The second-order valence-corrected chi connectivity index (χ2v) is 3.62. The number of aromatic nitrogens is 1. The van der Waals surface area contributed by atoms with Crippen LogP contribution < -0.4 is 4.74 Å². The van der Waals surface area contributed by atoms with Gasteiger partial charge in [-0.25, -0.2) is 0 Å². The third-order valence-corrected chi connectivity index (χ3v) is 2.07. The first-order chi connectivity index (χ1) is 6.84. The first-order valence-electron chi connectivity index (χ1n) is 4.10. The molecule has 72 valence electrons. The van der Waals surface area contributed by atoms with Crippen LogP contribution >= 0.6 is 15.9 Å². The molecule has 2 aromatic heterocycles. The van der Waals surface area contributed by atoms with Gasteiger partial charge in [0.15, 0.2) is 0 Å². The second-order valence-electron chi connectivity index (χ2n) is 2.71. The summed E-state index contributed by atoms with van der Waals surface area (Å²) in [5, 5.41) is 0. The molecule has 2 rings (SSSR count). The van der Waals surface area contributed by atoms with E-state index in [1.54, 1.807) is 18.7 Å². The number of halogens is 1. The summed E-state index contributed by atoms with van der Waals surface area (Å²) in [6.45, 7) is 0.422. The predicted molar refractivity (Wildman–Crippen MR) is 55.0 cm³/mol. The highest BCUT2D eigenvalue weighted by atomic mass is 79.9. The SMILES string of the molecule is Brc1cncc(OCc2ccco2)c1. The van der Waals surface area contributed by atoms with E-state index in [1.807, 2.05) is 18.2 Å². The molecule has 0 amide bonds. The Kier molecular flexibility index (Phi) is 2.84. The molecular weight excluding hydrogens is 246 g/mol. The summed E-state index contributed by atoms with van der Waals surface area (Å²) in [6, 6.07) is 5.55. The minimum atomic E-state index is 0.422. The van der Waals surface area contributed by atoms with E-state index in [2.05, 4.69) is 20.9 Å². The Bertz CT molecular complexity index is 400. The van der Waals surface area contributed by atoms with E-state index in [9.17, 15) is 0 Å². The van der Waals surface area contributed by atoms with Gasteiger partial charge in [-0.3, -0.25) is 4.98 Å². The standard InChI is InChI=1S/C10H8BrNO2/c11-8-4-10(6-12-5-8)14-7-9-2-1-3-13-9/h1-6H,7H2. The second kappa shape index (κ2) is 4.28. The Balaban J connectivity index is 1.98. The van der Waals surface area contributed by atoms with Crippen LogP contribution in [0.2, 0.25) is 0 Å². The van der Waals surface area contributed by atoms with Gasteiger partial charge < -0.3 is 9.15 Å². The third-order valence-electron chi connectivity index (χ3n) is 1.64. The third kappa shape index (κ3) is 2.35. The Morgan fingerprint density at radius 3 is 3.07 bits per heavy atom. The van der Waals surface area contributed by atoms with Crippen molar-refractivity contribution >= 4 is 15.9 Å². The van der Waals surface area contributed by atoms with Crippen molar-refractivity contribution in [2.75, 3.05) is 0 Å². The monoisotopic (exact) mass is 253 g/mol. The molecule has 0 saturated heterocycles. The van der Waals surface area contributed by atoms with Crippen molar-refractivity contribution in [2.45, 2.75) is 6.61 Å². The molecule has 2 heterocycles. The number of ether oxygens (including phenoxy) is 1. The fraction of sp³-hybridized carbons (Fsp3) is 0.100. The maximum absolute atomic E-state index is 5.44. The Morgan fingerprint density at radius 1 is 1.43 bits per heavy atom. The molecule has 0 atom stereocenters. The zero-order valence-electron chi connectivity index (χ0n) is 7.31. The van der Waals surface area contributed by atoms with E-state index in [1.165, 1.54) is 0 Å². The zero-order valence-corrected chi connectivity index (χ0v) is 8.90. The van der Waals surface area contributed by atoms with E-state index < -0.39 is 0 Å². The van der Waals surface area contributed by atoms with Gasteiger partial charge in [0.1, 0.15) is 18.1 Å². The molecule has 0 radical (unpaired) electrons. The Hall–Kier alpha value is -1.29. The van der Waals surface area contributed by atoms with Crippen molar-refractivity contribution < 1.29 is 9.15 Å². The lowest BCUT2D eigenvalue weighted by Crippen LogP contribution is -1.93. The van der Waals surface area contributed by atoms with Crippen molar-refractivity contribution in [3.05, 3.63) is 47.1 Å². The Morgan fingerprint density at radius 2 is 2.36 bits per heavy atom. The number of rotatable bonds is 3. The fourth-order valence-electron chi connectivity index (χ4n) is 1.02. The lowest BCUT2D eigenvalue weighted by Gasteiger charge is -2.03. The van der Waals surface area contributed by atoms with Crippen LogP contribution in [0.3, 0.4) is 0 Å². The summed E-state index contributed by atoms with van der Waals surface area (Å²) in [6.07, 6.45) is 4.99. The van der Waals surface area contributed by atoms with Crippen LogP contribution in [-0.4, -0.2) is 4.98 Å². The highest BCUT2D eigenvalue weighted by molar-refractivity contribution is 9.10. The number of hydrogen-bond donors (Lipinski definition) is 0. The zero-order chi connectivity index (χ0) is 9.80. The first kappa shape index (κ1) is 9.27. The topological polar surface area (TPSA) is 35.3 Å². The van der Waals surface area contributed by atoms with Crippen LogP contribution in [0.4, 0.5) is 0 Å². The van der Waals surface area contributed by atoms with Crippen molar-refractivity contribution in [2.24, 2.45) is 0 Å². The highest BCUT2D eigenvalue weighted by Gasteiger charge is 1.98. The van der Waals surface area contributed by atoms with Crippen LogP contribution in [-0.2, 0) is 6.61 Å². The van der Waals surface area contributed by atoms with Crippen molar-refractivity contribution in [1.82, 2.24) is 4.98 Å². The van der Waals surface area contributed by atoms with Crippen LogP contribution in [0.25, 0.3) is 0 Å². The lowest BCUT2D eigenvalue weighted by atomic mass is 10.4. The van der Waals surface area contributed by atoms with Crippen molar-refractivity contribution in [3.8, 4) is 5.75 Å². The molecule has 4 heteroatoms. The summed E-state index contributed by atoms with van der Waals surface area (Å²) in [5.74, 6) is 1.51. The molecule has 0 aliphatic carbocycles. The van der Waals surface area contributed by atoms with E-state index in [4.69, 9.17) is 9.15 Å². The van der Waals surface area contributed by atoms with Gasteiger partial charge in [-0.2, -0.15) is 0 Å². The van der Waals surface area contributed by atoms with Crippen LogP contribution in [0, 0.1) is 0 Å². The average molecular weight is 254 g/mol. The molecule has 0 aliphatic heterocycles. The fourth-order valence-corrected chi connectivity index (χ4v) is 1.36. The van der Waals surface area contributed by atoms with Gasteiger partial charge in [0.2, 0.25) is 0 Å². The molecule has 0 N–H and O–H groups in total. The highest BCUT2D eigenvalue weighted by Crippen LogP contribution is 2.17. The number of furan rings is 1. The summed E-state index contributed by atoms with van der Waals surface area (Å²) in [7, 11) is 0. The quantitative estimate of drug-likeness (QED) is 0.844. The minimum absolute atomic E-state index is 0.422. The van der Waals surface area contributed by atoms with Crippen LogP contribution in [0.15, 0.2) is 45.7 Å². The normalized spacial score (nSPS) is 10.1. The van der Waals surface area contributed by atoms with Gasteiger partial charge in [-0.05, 0) is 34.1 Å². The summed E-state index contributed by atoms with van der Waals surface area (Å²) in [5.41, 5.74) is 0. The predicted octanol–water partition coefficient (Wildman–Crippen LogP) is 3.02. The molecule has 2 aromatic rings. The van der Waals surface area contributed by atoms with E-state index in [-0.39, 0.29) is 0 Å². The molecule has 0 aromatic carbocycles. The lowest BCUT2D eigenvalue weighted by molar-refractivity contribution is 0.269. The van der Waals surface area contributed by atoms with Crippen molar-refractivity contribution in [1.29, 1.82) is 0 Å². The maximum atomic E-state index is 5.44. The van der Waals surface area contributed by atoms with Crippen LogP contribution in [0.1, 0.15) is 5.76 Å². The average Bonchev–Trinajstić information content (AvgIpc) is 2.67. The first-order valence-corrected chi connectivity index (χ1v) is 4.89. The smallest absolute Gasteiger partial charge is 0.146 e. The van der Waals surface area contributed by atoms with Gasteiger partial charge >= 0.3 is 0 Å². The largest absolute Gasteiger partial charge is 0.484 e. The summed E-state index contributed by atoms with van der Waals surface area (Å²) < 4.78 is 11.5. The molecule has 0 spiro atoms. The van der Waals surface area contributed by atoms with Gasteiger partial charge in [0.25, 0.3) is 0 Å². The molecule has 14 heavy (non-hydrogen) atoms. The molecule has 3 nitrogen and oxygen atoms in total. The minimum Gasteiger partial charge on any atom is -0.484 e. The molecule has 0 fully saturated rings. The van der Waals surface area contributed by atoms with Crippen molar-refractivity contribution in [3.63, 3.8) is 0 Å². The number of nitrogens with zero attached hydrogens (tertiary/aromatic N) is 1. The molecule has 0 bridgehead atoms. The van der Waals surface area contributed by atoms with Gasteiger partial charge in [-0.1, -0.05) is 0 Å². The summed E-state index contributed by atoms with van der Waals surface area (Å²) >= 11 is 3.31. The van der Waals surface area contributed by atoms with E-state index >= 15 is 0 Å². The van der Waals surface area contributed by atoms with Gasteiger partial charge in [0.05, 0.1) is 12.5 Å². The number of hydrogen-bond acceptors (Lipinski definition) is 3. The molecular formula is C10H8BrNO2. The van der Waals surface area contributed by atoms with Gasteiger partial charge in [0, 0.05) is 10.7 Å². The van der Waals surface area contributed by atoms with E-state index in [0.717, 1.165) is 16.0 Å². The molecule has 0 aliphatic rings. The maximum Gasteiger partial charge on any atom is 0.146 e. The Labute approximate surface area is 89.8 Å². The number of pyridine rings is 1. The molecule has 0 unspecified atom stereocenters. The van der Waals surface area contributed by atoms with Crippen LogP contribution in [0.5, 0.6) is 5.75 Å². The summed E-state index contributed by atoms with van der Waals surface area (Å²) in [4.78, 5) is 3.98. The molecule has 0 saturated carbocycles.